The van der Waals surface area contributed by atoms with Gasteiger partial charge in [-0.1, -0.05) is 44.2 Å². The molecular formula is C23H37N3O3. The van der Waals surface area contributed by atoms with Crippen molar-refractivity contribution in [2.75, 3.05) is 27.8 Å². The molecule has 2 atom stereocenters. The molecule has 0 radical (unpaired) electrons. The summed E-state index contributed by atoms with van der Waals surface area (Å²) in [6.45, 7) is 1.54. The molecule has 1 aliphatic heterocycles. The van der Waals surface area contributed by atoms with Gasteiger partial charge in [-0.05, 0) is 25.3 Å². The Morgan fingerprint density at radius 3 is 2.45 bits per heavy atom. The first-order valence-corrected chi connectivity index (χ1v) is 11.1. The number of likely N-dealkylation sites (N-methyl/N-ethyl adjacent to an activating group) is 1. The van der Waals surface area contributed by atoms with Crippen molar-refractivity contribution >= 4 is 5.91 Å². The molecule has 6 nitrogen and oxygen atoms in total. The van der Waals surface area contributed by atoms with Crippen LogP contribution in [0.2, 0.25) is 0 Å². The van der Waals surface area contributed by atoms with Gasteiger partial charge in [0.15, 0.2) is 11.5 Å². The van der Waals surface area contributed by atoms with Gasteiger partial charge in [0.25, 0.3) is 0 Å². The summed E-state index contributed by atoms with van der Waals surface area (Å²) in [6, 6.07) is 6.74. The van der Waals surface area contributed by atoms with Crippen LogP contribution in [0.5, 0.6) is 11.5 Å². The summed E-state index contributed by atoms with van der Waals surface area (Å²) in [5.41, 5.74) is 1.05. The van der Waals surface area contributed by atoms with Gasteiger partial charge in [0, 0.05) is 37.8 Å². The summed E-state index contributed by atoms with van der Waals surface area (Å²) in [4.78, 5) is 14.9. The first-order valence-electron chi connectivity index (χ1n) is 11.1. The van der Waals surface area contributed by atoms with Crippen molar-refractivity contribution in [2.45, 2.75) is 76.0 Å². The lowest BCUT2D eigenvalue weighted by Gasteiger charge is -2.25. The summed E-state index contributed by atoms with van der Waals surface area (Å²) in [7, 11) is 5.04. The lowest BCUT2D eigenvalue weighted by molar-refractivity contribution is -0.125. The number of amides is 1. The molecule has 2 N–H and O–H groups in total. The van der Waals surface area contributed by atoms with E-state index in [0.29, 0.717) is 18.6 Å². The Labute approximate surface area is 175 Å². The summed E-state index contributed by atoms with van der Waals surface area (Å²) in [5, 5.41) is 6.74. The Hall–Kier alpha value is -1.79. The molecule has 1 saturated heterocycles. The minimum Gasteiger partial charge on any atom is -0.493 e. The Bertz CT molecular complexity index is 659. The van der Waals surface area contributed by atoms with Crippen LogP contribution in [0.1, 0.15) is 56.9 Å². The number of nitrogens with zero attached hydrogens (tertiary/aromatic N) is 1. The van der Waals surface area contributed by atoms with Crippen molar-refractivity contribution in [1.82, 2.24) is 15.5 Å². The van der Waals surface area contributed by atoms with Gasteiger partial charge in [0.1, 0.15) is 0 Å². The predicted octanol–water partition coefficient (Wildman–Crippen LogP) is 3.10. The minimum atomic E-state index is -0.123. The maximum Gasteiger partial charge on any atom is 0.237 e. The number of hydrogen-bond donors (Lipinski definition) is 2. The Balaban J connectivity index is 1.70. The molecule has 3 rings (SSSR count). The van der Waals surface area contributed by atoms with E-state index in [9.17, 15) is 4.79 Å². The third-order valence-electron chi connectivity index (χ3n) is 6.39. The third-order valence-corrected chi connectivity index (χ3v) is 6.39. The van der Waals surface area contributed by atoms with Crippen LogP contribution in [0, 0.1) is 0 Å². The van der Waals surface area contributed by atoms with Crippen LogP contribution < -0.4 is 20.1 Å². The Morgan fingerprint density at radius 1 is 1.07 bits per heavy atom. The Morgan fingerprint density at radius 2 is 1.79 bits per heavy atom. The van der Waals surface area contributed by atoms with Crippen LogP contribution in [-0.4, -0.2) is 56.7 Å². The molecule has 0 bridgehead atoms. The molecule has 1 saturated carbocycles. The molecule has 2 aliphatic rings. The summed E-state index contributed by atoms with van der Waals surface area (Å²) in [6.07, 6.45) is 10.1. The van der Waals surface area contributed by atoms with Crippen LogP contribution in [0.3, 0.4) is 0 Å². The lowest BCUT2D eigenvalue weighted by atomic mass is 9.96. The molecular weight excluding hydrogens is 366 g/mol. The van der Waals surface area contributed by atoms with E-state index in [0.717, 1.165) is 30.0 Å². The van der Waals surface area contributed by atoms with E-state index in [2.05, 4.69) is 21.6 Å². The van der Waals surface area contributed by atoms with Gasteiger partial charge in [-0.2, -0.15) is 0 Å². The first-order chi connectivity index (χ1) is 14.2. The largest absolute Gasteiger partial charge is 0.493 e. The monoisotopic (exact) mass is 403 g/mol. The van der Waals surface area contributed by atoms with Crippen molar-refractivity contribution < 1.29 is 14.3 Å². The maximum absolute atomic E-state index is 12.6. The van der Waals surface area contributed by atoms with Gasteiger partial charge in [0.05, 0.1) is 20.3 Å². The molecule has 1 amide bonds. The van der Waals surface area contributed by atoms with Crippen LogP contribution in [0.25, 0.3) is 0 Å². The SMILES string of the molecule is CNC(=O)[C@@H]1C[C@H](NC2CCCCCCC2)CN1Cc1cccc(OC)c1OC. The van der Waals surface area contributed by atoms with Crippen molar-refractivity contribution in [1.29, 1.82) is 0 Å². The highest BCUT2D eigenvalue weighted by atomic mass is 16.5. The predicted molar refractivity (Wildman–Crippen MR) is 115 cm³/mol. The average Bonchev–Trinajstić information content (AvgIpc) is 3.11. The van der Waals surface area contributed by atoms with Crippen molar-refractivity contribution in [3.63, 3.8) is 0 Å². The maximum atomic E-state index is 12.6. The van der Waals surface area contributed by atoms with E-state index in [1.807, 2.05) is 12.1 Å². The number of likely N-dealkylation sites (tertiary alicyclic amines) is 1. The van der Waals surface area contributed by atoms with Crippen molar-refractivity contribution in [3.05, 3.63) is 23.8 Å². The number of rotatable bonds is 7. The molecule has 2 fully saturated rings. The van der Waals surface area contributed by atoms with Gasteiger partial charge >= 0.3 is 0 Å². The van der Waals surface area contributed by atoms with Crippen molar-refractivity contribution in [3.8, 4) is 11.5 Å². The molecule has 6 heteroatoms. The minimum absolute atomic E-state index is 0.0915. The van der Waals surface area contributed by atoms with Crippen molar-refractivity contribution in [2.24, 2.45) is 0 Å². The highest BCUT2D eigenvalue weighted by Gasteiger charge is 2.37. The van der Waals surface area contributed by atoms with Gasteiger partial charge in [-0.3, -0.25) is 9.69 Å². The zero-order chi connectivity index (χ0) is 20.6. The van der Waals surface area contributed by atoms with Crippen LogP contribution in [0.15, 0.2) is 18.2 Å². The third kappa shape index (κ3) is 5.64. The van der Waals surface area contributed by atoms with E-state index in [1.165, 1.54) is 44.9 Å². The molecule has 162 valence electrons. The normalized spacial score (nSPS) is 24.0. The van der Waals surface area contributed by atoms with E-state index >= 15 is 0 Å². The number of benzene rings is 1. The highest BCUT2D eigenvalue weighted by Crippen LogP contribution is 2.33. The lowest BCUT2D eigenvalue weighted by Crippen LogP contribution is -2.41. The standard InChI is InChI=1S/C23H37N3O3/c1-24-23(27)20-14-19(25-18-11-7-5-4-6-8-12-18)16-26(20)15-17-10-9-13-21(28-2)22(17)29-3/h9-10,13,18-20,25H,4-8,11-12,14-16H2,1-3H3,(H,24,27)/t19-,20-/m0/s1. The number of carbonyl (C=O) groups is 1. The summed E-state index contributed by atoms with van der Waals surface area (Å²) < 4.78 is 11.1. The zero-order valence-corrected chi connectivity index (χ0v) is 18.2. The number of methoxy groups -OCH3 is 2. The van der Waals surface area contributed by atoms with Crippen LogP contribution in [0.4, 0.5) is 0 Å². The second kappa shape index (κ2) is 10.8. The van der Waals surface area contributed by atoms with E-state index in [4.69, 9.17) is 9.47 Å². The van der Waals surface area contributed by atoms with Crippen LogP contribution >= 0.6 is 0 Å². The van der Waals surface area contributed by atoms with E-state index < -0.39 is 0 Å². The number of nitrogens with one attached hydrogen (secondary N) is 2. The number of hydrogen-bond acceptors (Lipinski definition) is 5. The summed E-state index contributed by atoms with van der Waals surface area (Å²) in [5.74, 6) is 1.57. The van der Waals surface area contributed by atoms with Gasteiger partial charge in [-0.15, -0.1) is 0 Å². The molecule has 1 aromatic rings. The molecule has 0 aromatic heterocycles. The summed E-state index contributed by atoms with van der Waals surface area (Å²) >= 11 is 0. The molecule has 1 aromatic carbocycles. The zero-order valence-electron chi connectivity index (χ0n) is 18.2. The van der Waals surface area contributed by atoms with Gasteiger partial charge < -0.3 is 20.1 Å². The van der Waals surface area contributed by atoms with E-state index in [-0.39, 0.29) is 11.9 Å². The fourth-order valence-electron chi connectivity index (χ4n) is 4.89. The van der Waals surface area contributed by atoms with Gasteiger partial charge in [-0.25, -0.2) is 0 Å². The quantitative estimate of drug-likeness (QED) is 0.733. The average molecular weight is 404 g/mol. The smallest absolute Gasteiger partial charge is 0.237 e. The molecule has 0 spiro atoms. The number of ether oxygens (including phenoxy) is 2. The fraction of sp³-hybridized carbons (Fsp3) is 0.696. The number of para-hydroxylation sites is 1. The molecule has 1 aliphatic carbocycles. The molecule has 0 unspecified atom stereocenters. The van der Waals surface area contributed by atoms with Gasteiger partial charge in [0.2, 0.25) is 5.91 Å². The highest BCUT2D eigenvalue weighted by molar-refractivity contribution is 5.81. The second-order valence-electron chi connectivity index (χ2n) is 8.35. The topological polar surface area (TPSA) is 62.8 Å². The number of carbonyl (C=O) groups excluding carboxylic acids is 1. The Kier molecular flexibility index (Phi) is 8.19. The molecule has 29 heavy (non-hydrogen) atoms. The van der Waals surface area contributed by atoms with Crippen LogP contribution in [-0.2, 0) is 11.3 Å². The molecule has 1 heterocycles. The van der Waals surface area contributed by atoms with E-state index in [1.54, 1.807) is 21.3 Å². The second-order valence-corrected chi connectivity index (χ2v) is 8.35. The fourth-order valence-corrected chi connectivity index (χ4v) is 4.89. The first kappa shape index (κ1) is 21.9.